The van der Waals surface area contributed by atoms with Crippen LogP contribution < -0.4 is 5.32 Å². The van der Waals surface area contributed by atoms with Crippen molar-refractivity contribution in [1.82, 2.24) is 5.32 Å². The van der Waals surface area contributed by atoms with E-state index in [0.29, 0.717) is 29.6 Å². The van der Waals surface area contributed by atoms with Crippen molar-refractivity contribution in [2.75, 3.05) is 0 Å². The van der Waals surface area contributed by atoms with Gasteiger partial charge in [-0.1, -0.05) is 26.7 Å². The Morgan fingerprint density at radius 3 is 2.89 bits per heavy atom. The molecule has 1 saturated carbocycles. The van der Waals surface area contributed by atoms with E-state index in [1.165, 1.54) is 25.0 Å². The van der Waals surface area contributed by atoms with Crippen LogP contribution in [0.5, 0.6) is 0 Å². The van der Waals surface area contributed by atoms with Crippen LogP contribution in [0.2, 0.25) is 0 Å². The van der Waals surface area contributed by atoms with E-state index in [1.54, 1.807) is 6.07 Å². The third-order valence-electron chi connectivity index (χ3n) is 4.44. The summed E-state index contributed by atoms with van der Waals surface area (Å²) in [5, 5.41) is 12.3. The summed E-state index contributed by atoms with van der Waals surface area (Å²) in [4.78, 5) is 0. The van der Waals surface area contributed by atoms with E-state index in [2.05, 4.69) is 25.2 Å². The van der Waals surface area contributed by atoms with Crippen molar-refractivity contribution in [2.24, 2.45) is 11.8 Å². The number of nitriles is 1. The third-order valence-corrected chi connectivity index (χ3v) is 4.44. The van der Waals surface area contributed by atoms with Gasteiger partial charge in [-0.2, -0.15) is 5.26 Å². The normalized spacial score (nSPS) is 26.9. The van der Waals surface area contributed by atoms with Crippen molar-refractivity contribution >= 4 is 0 Å². The van der Waals surface area contributed by atoms with Crippen LogP contribution in [0.3, 0.4) is 0 Å². The lowest BCUT2D eigenvalue weighted by molar-refractivity contribution is 0.205. The minimum Gasteiger partial charge on any atom is -0.310 e. The molecule has 102 valence electrons. The zero-order valence-electron chi connectivity index (χ0n) is 11.6. The molecule has 0 saturated heterocycles. The van der Waals surface area contributed by atoms with Crippen molar-refractivity contribution in [3.05, 3.63) is 35.1 Å². The van der Waals surface area contributed by atoms with E-state index in [1.807, 2.05) is 0 Å². The molecular weight excluding hydrogens is 239 g/mol. The van der Waals surface area contributed by atoms with Crippen LogP contribution >= 0.6 is 0 Å². The van der Waals surface area contributed by atoms with Gasteiger partial charge in [-0.25, -0.2) is 4.39 Å². The van der Waals surface area contributed by atoms with E-state index in [4.69, 9.17) is 5.26 Å². The Kier molecular flexibility index (Phi) is 4.55. The molecule has 0 aromatic heterocycles. The van der Waals surface area contributed by atoms with Crippen LogP contribution in [0.1, 0.15) is 44.2 Å². The van der Waals surface area contributed by atoms with Gasteiger partial charge in [-0.15, -0.1) is 0 Å². The lowest BCUT2D eigenvalue weighted by atomic mass is 9.78. The molecule has 3 heteroatoms. The van der Waals surface area contributed by atoms with Crippen LogP contribution in [0, 0.1) is 29.0 Å². The predicted octanol–water partition coefficient (Wildman–Crippen LogP) is 3.61. The Bertz CT molecular complexity index is 478. The van der Waals surface area contributed by atoms with Gasteiger partial charge in [0.05, 0.1) is 11.6 Å². The van der Waals surface area contributed by atoms with Crippen molar-refractivity contribution in [3.8, 4) is 6.07 Å². The Morgan fingerprint density at radius 2 is 2.16 bits per heavy atom. The predicted molar refractivity (Wildman–Crippen MR) is 73.9 cm³/mol. The lowest BCUT2D eigenvalue weighted by Gasteiger charge is -2.34. The first-order valence-corrected chi connectivity index (χ1v) is 7.03. The van der Waals surface area contributed by atoms with Crippen molar-refractivity contribution in [1.29, 1.82) is 5.26 Å². The highest BCUT2D eigenvalue weighted by Gasteiger charge is 2.26. The van der Waals surface area contributed by atoms with Crippen LogP contribution in [-0.2, 0) is 6.54 Å². The first-order valence-electron chi connectivity index (χ1n) is 7.03. The quantitative estimate of drug-likeness (QED) is 0.901. The molecule has 0 radical (unpaired) electrons. The highest BCUT2D eigenvalue weighted by Crippen LogP contribution is 2.29. The second-order valence-corrected chi connectivity index (χ2v) is 5.67. The highest BCUT2D eigenvalue weighted by atomic mass is 19.1. The first kappa shape index (κ1) is 14.0. The van der Waals surface area contributed by atoms with Gasteiger partial charge in [0, 0.05) is 18.2 Å². The molecule has 3 unspecified atom stereocenters. The second kappa shape index (κ2) is 6.16. The van der Waals surface area contributed by atoms with E-state index in [0.717, 1.165) is 12.3 Å². The highest BCUT2D eigenvalue weighted by molar-refractivity contribution is 5.33. The number of halogens is 1. The van der Waals surface area contributed by atoms with Gasteiger partial charge < -0.3 is 5.32 Å². The standard InChI is InChI=1S/C16H21FN2/c1-11-4-3-5-16(12(11)2)19-10-14-8-13(9-18)6-7-15(14)17/h6-8,11-12,16,19H,3-5,10H2,1-2H3. The van der Waals surface area contributed by atoms with Crippen LogP contribution in [0.25, 0.3) is 0 Å². The molecule has 0 bridgehead atoms. The van der Waals surface area contributed by atoms with E-state index in [9.17, 15) is 4.39 Å². The molecule has 2 nitrogen and oxygen atoms in total. The summed E-state index contributed by atoms with van der Waals surface area (Å²) < 4.78 is 13.7. The van der Waals surface area contributed by atoms with Gasteiger partial charge in [0.15, 0.2) is 0 Å². The number of hydrogen-bond donors (Lipinski definition) is 1. The number of hydrogen-bond acceptors (Lipinski definition) is 2. The van der Waals surface area contributed by atoms with E-state index < -0.39 is 0 Å². The molecule has 19 heavy (non-hydrogen) atoms. The van der Waals surface area contributed by atoms with Gasteiger partial charge in [-0.3, -0.25) is 0 Å². The van der Waals surface area contributed by atoms with Gasteiger partial charge >= 0.3 is 0 Å². The van der Waals surface area contributed by atoms with Gasteiger partial charge in [0.25, 0.3) is 0 Å². The minimum atomic E-state index is -0.233. The summed E-state index contributed by atoms with van der Waals surface area (Å²) in [7, 11) is 0. The zero-order chi connectivity index (χ0) is 13.8. The summed E-state index contributed by atoms with van der Waals surface area (Å²) in [6.45, 7) is 5.06. The largest absolute Gasteiger partial charge is 0.310 e. The minimum absolute atomic E-state index is 0.233. The summed E-state index contributed by atoms with van der Waals surface area (Å²) in [6, 6.07) is 7.04. The number of rotatable bonds is 3. The molecule has 1 aliphatic rings. The summed E-state index contributed by atoms with van der Waals surface area (Å²) >= 11 is 0. The van der Waals surface area contributed by atoms with E-state index >= 15 is 0 Å². The molecular formula is C16H21FN2. The molecule has 1 aromatic carbocycles. The molecule has 0 spiro atoms. The molecule has 1 fully saturated rings. The van der Waals surface area contributed by atoms with Crippen molar-refractivity contribution in [2.45, 2.75) is 45.7 Å². The molecule has 1 aliphatic carbocycles. The fourth-order valence-electron chi connectivity index (χ4n) is 2.89. The Balaban J connectivity index is 2.00. The summed E-state index contributed by atoms with van der Waals surface area (Å²) in [6.07, 6.45) is 3.69. The lowest BCUT2D eigenvalue weighted by Crippen LogP contribution is -2.40. The SMILES string of the molecule is CC1CCCC(NCc2cc(C#N)ccc2F)C1C. The smallest absolute Gasteiger partial charge is 0.127 e. The number of benzene rings is 1. The Labute approximate surface area is 114 Å². The van der Waals surface area contributed by atoms with Gasteiger partial charge in [-0.05, 0) is 36.5 Å². The van der Waals surface area contributed by atoms with Gasteiger partial charge in [0.1, 0.15) is 5.82 Å². The molecule has 2 rings (SSSR count). The molecule has 0 heterocycles. The fourth-order valence-corrected chi connectivity index (χ4v) is 2.89. The third kappa shape index (κ3) is 3.33. The molecule has 1 aromatic rings. The molecule has 0 aliphatic heterocycles. The second-order valence-electron chi connectivity index (χ2n) is 5.67. The first-order chi connectivity index (χ1) is 9.11. The molecule has 1 N–H and O–H groups in total. The van der Waals surface area contributed by atoms with Crippen LogP contribution in [0.4, 0.5) is 4.39 Å². The van der Waals surface area contributed by atoms with Crippen molar-refractivity contribution < 1.29 is 4.39 Å². The average molecular weight is 260 g/mol. The number of nitrogens with zero attached hydrogens (tertiary/aromatic N) is 1. The maximum atomic E-state index is 13.7. The Morgan fingerprint density at radius 1 is 1.37 bits per heavy atom. The summed E-state index contributed by atoms with van der Waals surface area (Å²) in [5.74, 6) is 1.11. The average Bonchev–Trinajstić information content (AvgIpc) is 2.42. The molecule has 0 amide bonds. The van der Waals surface area contributed by atoms with Gasteiger partial charge in [0.2, 0.25) is 0 Å². The monoisotopic (exact) mass is 260 g/mol. The van der Waals surface area contributed by atoms with Crippen LogP contribution in [0.15, 0.2) is 18.2 Å². The van der Waals surface area contributed by atoms with E-state index in [-0.39, 0.29) is 5.82 Å². The number of nitrogens with one attached hydrogen (secondary N) is 1. The summed E-state index contributed by atoms with van der Waals surface area (Å²) in [5.41, 5.74) is 1.10. The topological polar surface area (TPSA) is 35.8 Å². The maximum Gasteiger partial charge on any atom is 0.127 e. The maximum absolute atomic E-state index is 13.7. The van der Waals surface area contributed by atoms with Crippen LogP contribution in [-0.4, -0.2) is 6.04 Å². The van der Waals surface area contributed by atoms with Crippen molar-refractivity contribution in [3.63, 3.8) is 0 Å². The Hall–Kier alpha value is -1.40. The molecule has 3 atom stereocenters. The zero-order valence-corrected chi connectivity index (χ0v) is 11.6. The fraction of sp³-hybridized carbons (Fsp3) is 0.562.